The molecule has 23 heavy (non-hydrogen) atoms. The Bertz CT molecular complexity index is 674. The molecule has 0 aromatic heterocycles. The highest BCUT2D eigenvalue weighted by atomic mass is 32.2. The molecule has 126 valence electrons. The molecule has 0 radical (unpaired) electrons. The first kappa shape index (κ1) is 17.4. The van der Waals surface area contributed by atoms with Crippen LogP contribution < -0.4 is 5.14 Å². The maximum Gasteiger partial charge on any atom is 0.328 e. The zero-order valence-corrected chi connectivity index (χ0v) is 13.7. The van der Waals surface area contributed by atoms with E-state index in [1.54, 1.807) is 0 Å². The van der Waals surface area contributed by atoms with Crippen LogP contribution >= 0.6 is 0 Å². The van der Waals surface area contributed by atoms with E-state index in [2.05, 4.69) is 0 Å². The van der Waals surface area contributed by atoms with Gasteiger partial charge in [0.15, 0.2) is 0 Å². The average Bonchev–Trinajstić information content (AvgIpc) is 2.83. The minimum absolute atomic E-state index is 0.0682. The highest BCUT2D eigenvalue weighted by molar-refractivity contribution is 7.89. The first-order valence-electron chi connectivity index (χ1n) is 7.22. The topological polar surface area (TPSA) is 107 Å². The number of methoxy groups -OCH3 is 1. The minimum atomic E-state index is -3.66. The van der Waals surface area contributed by atoms with Gasteiger partial charge in [-0.25, -0.2) is 18.4 Å². The third-order valence-electron chi connectivity index (χ3n) is 3.83. The maximum atomic E-state index is 12.2. The number of ether oxygens (including phenoxy) is 1. The van der Waals surface area contributed by atoms with E-state index < -0.39 is 28.0 Å². The number of carbonyl (C=O) groups is 2. The molecule has 1 aliphatic rings. The monoisotopic (exact) mass is 340 g/mol. The fourth-order valence-corrected chi connectivity index (χ4v) is 3.72. The Hall–Kier alpha value is -1.93. The van der Waals surface area contributed by atoms with Crippen LogP contribution in [0.1, 0.15) is 12.0 Å². The van der Waals surface area contributed by atoms with Crippen molar-refractivity contribution in [3.8, 4) is 0 Å². The van der Waals surface area contributed by atoms with Crippen LogP contribution in [0.25, 0.3) is 0 Å². The predicted octanol–water partition coefficient (Wildman–Crippen LogP) is -0.0923. The molecule has 1 fully saturated rings. The third kappa shape index (κ3) is 4.77. The van der Waals surface area contributed by atoms with Crippen molar-refractivity contribution in [1.29, 1.82) is 0 Å². The Morgan fingerprint density at radius 2 is 2.04 bits per heavy atom. The quantitative estimate of drug-likeness (QED) is 0.728. The number of carbonyl (C=O) groups excluding carboxylic acids is 2. The van der Waals surface area contributed by atoms with Crippen molar-refractivity contribution in [3.05, 3.63) is 35.9 Å². The predicted molar refractivity (Wildman–Crippen MR) is 83.7 cm³/mol. The molecule has 2 atom stereocenters. The van der Waals surface area contributed by atoms with Gasteiger partial charge >= 0.3 is 5.97 Å². The Morgan fingerprint density at radius 1 is 1.39 bits per heavy atom. The summed E-state index contributed by atoms with van der Waals surface area (Å²) in [6.45, 7) is 0.182. The number of benzene rings is 1. The van der Waals surface area contributed by atoms with Crippen LogP contribution in [0.15, 0.2) is 30.3 Å². The van der Waals surface area contributed by atoms with Crippen LogP contribution in [0.5, 0.6) is 0 Å². The van der Waals surface area contributed by atoms with Gasteiger partial charge in [-0.2, -0.15) is 0 Å². The van der Waals surface area contributed by atoms with Gasteiger partial charge in [0.25, 0.3) is 0 Å². The molecule has 7 nitrogen and oxygen atoms in total. The fourth-order valence-electron chi connectivity index (χ4n) is 2.84. The number of nitrogens with two attached hydrogens (primary N) is 1. The van der Waals surface area contributed by atoms with Gasteiger partial charge in [0, 0.05) is 25.3 Å². The smallest absolute Gasteiger partial charge is 0.328 e. The van der Waals surface area contributed by atoms with Crippen molar-refractivity contribution in [2.75, 3.05) is 19.4 Å². The van der Waals surface area contributed by atoms with Crippen LogP contribution in [0.4, 0.5) is 0 Å². The summed E-state index contributed by atoms with van der Waals surface area (Å²) >= 11 is 0. The van der Waals surface area contributed by atoms with E-state index in [-0.39, 0.29) is 24.6 Å². The van der Waals surface area contributed by atoms with Crippen molar-refractivity contribution in [3.63, 3.8) is 0 Å². The first-order chi connectivity index (χ1) is 10.8. The molecule has 2 rings (SSSR count). The molecule has 0 bridgehead atoms. The van der Waals surface area contributed by atoms with Gasteiger partial charge in [-0.1, -0.05) is 30.3 Å². The molecule has 1 heterocycles. The summed E-state index contributed by atoms with van der Waals surface area (Å²) in [6, 6.07) is 8.51. The van der Waals surface area contributed by atoms with E-state index in [0.717, 1.165) is 5.56 Å². The second-order valence-electron chi connectivity index (χ2n) is 5.67. The second kappa shape index (κ2) is 7.10. The molecule has 0 spiro atoms. The number of esters is 1. The summed E-state index contributed by atoms with van der Waals surface area (Å²) < 4.78 is 27.2. The molecule has 1 unspecified atom stereocenters. The highest BCUT2D eigenvalue weighted by Gasteiger charge is 2.39. The number of likely N-dealkylation sites (tertiary alicyclic amines) is 1. The number of primary sulfonamides is 1. The summed E-state index contributed by atoms with van der Waals surface area (Å²) in [5.74, 6) is -1.45. The number of nitrogens with zero attached hydrogens (tertiary/aromatic N) is 1. The van der Waals surface area contributed by atoms with Crippen LogP contribution in [-0.4, -0.2) is 50.6 Å². The zero-order chi connectivity index (χ0) is 17.0. The van der Waals surface area contributed by atoms with Crippen molar-refractivity contribution < 1.29 is 22.7 Å². The number of amides is 1. The van der Waals surface area contributed by atoms with E-state index >= 15 is 0 Å². The molecular formula is C15H20N2O5S. The highest BCUT2D eigenvalue weighted by Crippen LogP contribution is 2.23. The summed E-state index contributed by atoms with van der Waals surface area (Å²) in [6.07, 6.45) is 0.389. The van der Waals surface area contributed by atoms with Crippen LogP contribution in [-0.2, 0) is 30.8 Å². The molecule has 1 saturated heterocycles. The molecule has 1 amide bonds. The Balaban J connectivity index is 2.16. The first-order valence-corrected chi connectivity index (χ1v) is 8.93. The van der Waals surface area contributed by atoms with Crippen LogP contribution in [0, 0.1) is 5.92 Å². The average molecular weight is 340 g/mol. The lowest BCUT2D eigenvalue weighted by Gasteiger charge is -2.26. The fraction of sp³-hybridized carbons (Fsp3) is 0.467. The summed E-state index contributed by atoms with van der Waals surface area (Å²) in [4.78, 5) is 25.7. The van der Waals surface area contributed by atoms with E-state index in [1.807, 2.05) is 30.3 Å². The third-order valence-corrected chi connectivity index (χ3v) is 4.76. The molecule has 0 saturated carbocycles. The van der Waals surface area contributed by atoms with Gasteiger partial charge in [0.2, 0.25) is 15.9 Å². The molecule has 8 heteroatoms. The van der Waals surface area contributed by atoms with E-state index in [4.69, 9.17) is 9.88 Å². The second-order valence-corrected chi connectivity index (χ2v) is 7.33. The number of hydrogen-bond acceptors (Lipinski definition) is 5. The SMILES string of the molecule is COC(=O)[C@@H](Cc1ccccc1)N1CC(CS(N)(=O)=O)CC1=O. The molecule has 1 aromatic carbocycles. The van der Waals surface area contributed by atoms with Gasteiger partial charge in [-0.05, 0) is 5.56 Å². The largest absolute Gasteiger partial charge is 0.467 e. The number of rotatable bonds is 6. The zero-order valence-electron chi connectivity index (χ0n) is 12.8. The van der Waals surface area contributed by atoms with Gasteiger partial charge in [-0.3, -0.25) is 4.79 Å². The van der Waals surface area contributed by atoms with E-state index in [0.29, 0.717) is 6.42 Å². The van der Waals surface area contributed by atoms with Gasteiger partial charge in [0.1, 0.15) is 6.04 Å². The Morgan fingerprint density at radius 3 is 2.61 bits per heavy atom. The minimum Gasteiger partial charge on any atom is -0.467 e. The normalized spacial score (nSPS) is 19.7. The number of sulfonamides is 1. The molecular weight excluding hydrogens is 320 g/mol. The molecule has 2 N–H and O–H groups in total. The van der Waals surface area contributed by atoms with Crippen molar-refractivity contribution >= 4 is 21.9 Å². The summed E-state index contributed by atoms with van der Waals surface area (Å²) in [5, 5.41) is 5.04. The van der Waals surface area contributed by atoms with Crippen molar-refractivity contribution in [2.45, 2.75) is 18.9 Å². The lowest BCUT2D eigenvalue weighted by molar-refractivity contribution is -0.151. The lowest BCUT2D eigenvalue weighted by atomic mass is 10.0. The molecule has 1 aromatic rings. The lowest BCUT2D eigenvalue weighted by Crippen LogP contribution is -2.44. The van der Waals surface area contributed by atoms with Gasteiger partial charge < -0.3 is 9.64 Å². The van der Waals surface area contributed by atoms with Gasteiger partial charge in [0.05, 0.1) is 12.9 Å². The standard InChI is InChI=1S/C15H20N2O5S/c1-22-15(19)13(7-11-5-3-2-4-6-11)17-9-12(8-14(17)18)10-23(16,20)21/h2-6,12-13H,7-10H2,1H3,(H2,16,20,21)/t12?,13-/m1/s1. The number of hydrogen-bond donors (Lipinski definition) is 1. The Labute approximate surface area is 135 Å². The van der Waals surface area contributed by atoms with E-state index in [1.165, 1.54) is 12.0 Å². The van der Waals surface area contributed by atoms with Crippen LogP contribution in [0.3, 0.4) is 0 Å². The van der Waals surface area contributed by atoms with Crippen molar-refractivity contribution in [2.24, 2.45) is 11.1 Å². The van der Waals surface area contributed by atoms with Gasteiger partial charge in [-0.15, -0.1) is 0 Å². The Kier molecular flexibility index (Phi) is 5.38. The van der Waals surface area contributed by atoms with Crippen LogP contribution in [0.2, 0.25) is 0 Å². The van der Waals surface area contributed by atoms with Crippen molar-refractivity contribution in [1.82, 2.24) is 4.90 Å². The summed E-state index contributed by atoms with van der Waals surface area (Å²) in [7, 11) is -2.39. The molecule has 0 aliphatic carbocycles. The summed E-state index contributed by atoms with van der Waals surface area (Å²) in [5.41, 5.74) is 0.894. The van der Waals surface area contributed by atoms with E-state index in [9.17, 15) is 18.0 Å². The maximum absolute atomic E-state index is 12.2. The molecule has 1 aliphatic heterocycles.